The van der Waals surface area contributed by atoms with Crippen LogP contribution in [0.1, 0.15) is 30.6 Å². The Morgan fingerprint density at radius 1 is 1.22 bits per heavy atom. The van der Waals surface area contributed by atoms with Gasteiger partial charge in [0.2, 0.25) is 5.91 Å². The van der Waals surface area contributed by atoms with Crippen LogP contribution in [-0.4, -0.2) is 24.4 Å². The van der Waals surface area contributed by atoms with Crippen LogP contribution >= 0.6 is 0 Å². The molecule has 0 aliphatic carbocycles. The summed E-state index contributed by atoms with van der Waals surface area (Å²) < 4.78 is 0. The second kappa shape index (κ2) is 6.76. The molecule has 0 saturated heterocycles. The van der Waals surface area contributed by atoms with Crippen molar-refractivity contribution in [3.8, 4) is 0 Å². The number of amides is 2. The molecule has 1 aromatic carbocycles. The molecular weight excluding hydrogens is 230 g/mol. The van der Waals surface area contributed by atoms with Crippen molar-refractivity contribution in [2.45, 2.75) is 26.3 Å². The van der Waals surface area contributed by atoms with E-state index in [-0.39, 0.29) is 11.8 Å². The van der Waals surface area contributed by atoms with Crippen molar-refractivity contribution in [2.24, 2.45) is 5.73 Å². The van der Waals surface area contributed by atoms with Crippen molar-refractivity contribution >= 4 is 17.5 Å². The van der Waals surface area contributed by atoms with Gasteiger partial charge in [-0.25, -0.2) is 0 Å². The molecule has 0 aromatic heterocycles. The van der Waals surface area contributed by atoms with Gasteiger partial charge in [0.15, 0.2) is 0 Å². The van der Waals surface area contributed by atoms with Crippen LogP contribution in [0.15, 0.2) is 24.3 Å². The number of rotatable bonds is 5. The van der Waals surface area contributed by atoms with Crippen LogP contribution in [0.3, 0.4) is 0 Å². The minimum absolute atomic E-state index is 0.124. The van der Waals surface area contributed by atoms with Crippen LogP contribution in [0.5, 0.6) is 0 Å². The Morgan fingerprint density at radius 2 is 1.83 bits per heavy atom. The molecule has 0 unspecified atom stereocenters. The minimum Gasteiger partial charge on any atom is -0.352 e. The molecule has 0 radical (unpaired) electrons. The fraction of sp³-hybridized carbons (Fsp3) is 0.385. The zero-order chi connectivity index (χ0) is 13.5. The summed E-state index contributed by atoms with van der Waals surface area (Å²) in [5.74, 6) is -0.344. The number of carbonyl (C=O) groups excluding carboxylic acids is 2. The van der Waals surface area contributed by atoms with Gasteiger partial charge in [-0.1, -0.05) is 6.92 Å². The van der Waals surface area contributed by atoms with Gasteiger partial charge in [0.1, 0.15) is 0 Å². The van der Waals surface area contributed by atoms with Gasteiger partial charge in [-0.05, 0) is 37.6 Å². The third kappa shape index (κ3) is 3.85. The van der Waals surface area contributed by atoms with Crippen molar-refractivity contribution in [3.63, 3.8) is 0 Å². The first-order valence-corrected chi connectivity index (χ1v) is 6.03. The lowest BCUT2D eigenvalue weighted by Crippen LogP contribution is -2.34. The lowest BCUT2D eigenvalue weighted by molar-refractivity contribution is -0.117. The number of benzene rings is 1. The third-order valence-electron chi connectivity index (χ3n) is 2.53. The van der Waals surface area contributed by atoms with Gasteiger partial charge in [-0.2, -0.15) is 0 Å². The van der Waals surface area contributed by atoms with E-state index >= 15 is 0 Å². The van der Waals surface area contributed by atoms with Crippen molar-refractivity contribution in [2.75, 3.05) is 11.9 Å². The summed E-state index contributed by atoms with van der Waals surface area (Å²) in [6.07, 6.45) is 0.586. The van der Waals surface area contributed by atoms with Gasteiger partial charge in [-0.15, -0.1) is 0 Å². The van der Waals surface area contributed by atoms with E-state index in [1.807, 2.05) is 13.8 Å². The quantitative estimate of drug-likeness (QED) is 0.731. The van der Waals surface area contributed by atoms with Crippen LogP contribution in [-0.2, 0) is 4.79 Å². The first-order valence-electron chi connectivity index (χ1n) is 6.03. The van der Waals surface area contributed by atoms with E-state index in [0.717, 1.165) is 0 Å². The molecule has 5 heteroatoms. The van der Waals surface area contributed by atoms with Crippen LogP contribution < -0.4 is 16.4 Å². The lowest BCUT2D eigenvalue weighted by atomic mass is 10.1. The Labute approximate surface area is 107 Å². The molecule has 1 atom stereocenters. The smallest absolute Gasteiger partial charge is 0.251 e. The first kappa shape index (κ1) is 14.2. The summed E-state index contributed by atoms with van der Waals surface area (Å²) in [6, 6.07) is 6.19. The standard InChI is InChI=1S/C13H19N3O2/c1-3-11(14)13(18)16-10-7-5-9(6-8-10)12(17)15-4-2/h5-8,11H,3-4,14H2,1-2H3,(H,15,17)(H,16,18)/t11-/m0/s1. The van der Waals surface area contributed by atoms with Crippen LogP contribution in [0.25, 0.3) is 0 Å². The molecule has 0 aliphatic heterocycles. The highest BCUT2D eigenvalue weighted by molar-refractivity contribution is 5.97. The molecule has 1 aromatic rings. The summed E-state index contributed by atoms with van der Waals surface area (Å²) in [5.41, 5.74) is 6.81. The largest absolute Gasteiger partial charge is 0.352 e. The predicted molar refractivity (Wildman–Crippen MR) is 71.3 cm³/mol. The molecule has 0 heterocycles. The summed E-state index contributed by atoms with van der Waals surface area (Å²) in [6.45, 7) is 4.30. The number of anilines is 1. The SMILES string of the molecule is CCNC(=O)c1ccc(NC(=O)[C@@H](N)CC)cc1. The Hall–Kier alpha value is -1.88. The maximum Gasteiger partial charge on any atom is 0.251 e. The maximum absolute atomic E-state index is 11.5. The minimum atomic E-state index is -0.506. The number of hydrogen-bond donors (Lipinski definition) is 3. The van der Waals surface area contributed by atoms with Gasteiger partial charge in [0, 0.05) is 17.8 Å². The molecule has 2 amide bonds. The molecule has 4 N–H and O–H groups in total. The Bertz CT molecular complexity index is 415. The molecular formula is C13H19N3O2. The zero-order valence-corrected chi connectivity index (χ0v) is 10.7. The molecule has 0 saturated carbocycles. The lowest BCUT2D eigenvalue weighted by Gasteiger charge is -2.10. The highest BCUT2D eigenvalue weighted by Crippen LogP contribution is 2.10. The summed E-state index contributed by atoms with van der Waals surface area (Å²) >= 11 is 0. The molecule has 0 fully saturated rings. The van der Waals surface area contributed by atoms with Gasteiger partial charge in [-0.3, -0.25) is 9.59 Å². The number of carbonyl (C=O) groups is 2. The molecule has 1 rings (SSSR count). The van der Waals surface area contributed by atoms with Gasteiger partial charge in [0.25, 0.3) is 5.91 Å². The fourth-order valence-electron chi connectivity index (χ4n) is 1.39. The molecule has 0 aliphatic rings. The molecule has 0 spiro atoms. The Balaban J connectivity index is 2.66. The monoisotopic (exact) mass is 249 g/mol. The number of nitrogens with one attached hydrogen (secondary N) is 2. The third-order valence-corrected chi connectivity index (χ3v) is 2.53. The summed E-state index contributed by atoms with van der Waals surface area (Å²) in [7, 11) is 0. The van der Waals surface area contributed by atoms with Gasteiger partial charge < -0.3 is 16.4 Å². The molecule has 98 valence electrons. The highest BCUT2D eigenvalue weighted by atomic mass is 16.2. The first-order chi connectivity index (χ1) is 8.58. The van der Waals surface area contributed by atoms with Crippen molar-refractivity contribution in [3.05, 3.63) is 29.8 Å². The van der Waals surface area contributed by atoms with Crippen molar-refractivity contribution in [1.82, 2.24) is 5.32 Å². The van der Waals surface area contributed by atoms with E-state index in [2.05, 4.69) is 10.6 Å². The highest BCUT2D eigenvalue weighted by Gasteiger charge is 2.11. The summed E-state index contributed by atoms with van der Waals surface area (Å²) in [4.78, 5) is 23.1. The van der Waals surface area contributed by atoms with E-state index < -0.39 is 6.04 Å². The fourth-order valence-corrected chi connectivity index (χ4v) is 1.39. The van der Waals surface area contributed by atoms with Crippen molar-refractivity contribution in [1.29, 1.82) is 0 Å². The number of hydrogen-bond acceptors (Lipinski definition) is 3. The van der Waals surface area contributed by atoms with Gasteiger partial charge >= 0.3 is 0 Å². The molecule has 0 bridgehead atoms. The molecule has 18 heavy (non-hydrogen) atoms. The number of nitrogens with two attached hydrogens (primary N) is 1. The van der Waals surface area contributed by atoms with Crippen LogP contribution in [0.4, 0.5) is 5.69 Å². The van der Waals surface area contributed by atoms with E-state index in [1.54, 1.807) is 24.3 Å². The Morgan fingerprint density at radius 3 is 2.33 bits per heavy atom. The van der Waals surface area contributed by atoms with E-state index in [9.17, 15) is 9.59 Å². The van der Waals surface area contributed by atoms with Gasteiger partial charge in [0.05, 0.1) is 6.04 Å². The van der Waals surface area contributed by atoms with Crippen LogP contribution in [0, 0.1) is 0 Å². The topological polar surface area (TPSA) is 84.2 Å². The Kier molecular flexibility index (Phi) is 5.32. The summed E-state index contributed by atoms with van der Waals surface area (Å²) in [5, 5.41) is 5.40. The van der Waals surface area contributed by atoms with E-state index in [0.29, 0.717) is 24.2 Å². The maximum atomic E-state index is 11.5. The van der Waals surface area contributed by atoms with Crippen molar-refractivity contribution < 1.29 is 9.59 Å². The predicted octanol–water partition coefficient (Wildman–Crippen LogP) is 1.11. The average Bonchev–Trinajstić information content (AvgIpc) is 2.38. The second-order valence-electron chi connectivity index (χ2n) is 3.94. The zero-order valence-electron chi connectivity index (χ0n) is 10.7. The second-order valence-corrected chi connectivity index (χ2v) is 3.94. The molecule has 5 nitrogen and oxygen atoms in total. The van der Waals surface area contributed by atoms with Crippen LogP contribution in [0.2, 0.25) is 0 Å². The average molecular weight is 249 g/mol. The van der Waals surface area contributed by atoms with E-state index in [1.165, 1.54) is 0 Å². The van der Waals surface area contributed by atoms with E-state index in [4.69, 9.17) is 5.73 Å². The normalized spacial score (nSPS) is 11.7.